The monoisotopic (exact) mass is 340 g/mol. The number of methoxy groups -OCH3 is 1. The molecule has 1 N–H and O–H groups in total. The van der Waals surface area contributed by atoms with Gasteiger partial charge in [0.25, 0.3) is 0 Å². The first-order valence-electron chi connectivity index (χ1n) is 7.43. The van der Waals surface area contributed by atoms with Crippen LogP contribution in [-0.2, 0) is 15.3 Å². The van der Waals surface area contributed by atoms with Gasteiger partial charge in [-0.05, 0) is 31.0 Å². The van der Waals surface area contributed by atoms with E-state index in [-0.39, 0.29) is 29.9 Å². The lowest BCUT2D eigenvalue weighted by molar-refractivity contribution is -0.132. The van der Waals surface area contributed by atoms with Gasteiger partial charge >= 0.3 is 0 Å². The van der Waals surface area contributed by atoms with E-state index in [0.717, 1.165) is 12.8 Å². The second-order valence-corrected chi connectivity index (χ2v) is 6.53. The Bertz CT molecular complexity index is 578. The summed E-state index contributed by atoms with van der Waals surface area (Å²) in [5, 5.41) is 2.85. The molecule has 0 aromatic heterocycles. The van der Waals surface area contributed by atoms with Gasteiger partial charge in [0.15, 0.2) is 0 Å². The molecule has 0 saturated heterocycles. The summed E-state index contributed by atoms with van der Waals surface area (Å²) in [6.45, 7) is 0.0686. The Balaban J connectivity index is 1.75. The van der Waals surface area contributed by atoms with Crippen molar-refractivity contribution in [1.82, 2.24) is 10.2 Å². The minimum atomic E-state index is -0.332. The van der Waals surface area contributed by atoms with Crippen LogP contribution in [0.4, 0.5) is 4.39 Å². The zero-order valence-corrected chi connectivity index (χ0v) is 14.1. The first kappa shape index (κ1) is 17.6. The van der Waals surface area contributed by atoms with E-state index in [1.807, 2.05) is 0 Å². The van der Waals surface area contributed by atoms with Crippen molar-refractivity contribution in [3.63, 3.8) is 0 Å². The summed E-state index contributed by atoms with van der Waals surface area (Å²) in [6.07, 6.45) is 2.05. The van der Waals surface area contributed by atoms with Gasteiger partial charge in [-0.2, -0.15) is 0 Å². The van der Waals surface area contributed by atoms with Crippen molar-refractivity contribution in [3.05, 3.63) is 29.6 Å². The smallest absolute Gasteiger partial charge is 0.239 e. The van der Waals surface area contributed by atoms with E-state index in [2.05, 4.69) is 5.32 Å². The van der Waals surface area contributed by atoms with Crippen LogP contribution in [0.2, 0.25) is 0 Å². The number of rotatable bonds is 8. The molecule has 1 fully saturated rings. The zero-order chi connectivity index (χ0) is 16.8. The number of benzene rings is 1. The fraction of sp³-hybridized carbons (Fsp3) is 0.500. The van der Waals surface area contributed by atoms with Gasteiger partial charge in [0.05, 0.1) is 19.4 Å². The number of ether oxygens (including phenoxy) is 1. The van der Waals surface area contributed by atoms with Gasteiger partial charge in [-0.15, -0.1) is 11.8 Å². The summed E-state index contributed by atoms with van der Waals surface area (Å²) in [5.74, 6) is 0.711. The van der Waals surface area contributed by atoms with Crippen molar-refractivity contribution in [2.45, 2.75) is 24.6 Å². The summed E-state index contributed by atoms with van der Waals surface area (Å²) in [4.78, 5) is 25.1. The number of carbonyl (C=O) groups is 2. The maximum Gasteiger partial charge on any atom is 0.239 e. The third-order valence-electron chi connectivity index (χ3n) is 3.47. The van der Waals surface area contributed by atoms with Crippen molar-refractivity contribution in [2.75, 3.05) is 26.5 Å². The van der Waals surface area contributed by atoms with Crippen LogP contribution in [0.3, 0.4) is 0 Å². The largest absolute Gasteiger partial charge is 0.496 e. The Kier molecular flexibility index (Phi) is 6.27. The van der Waals surface area contributed by atoms with Crippen LogP contribution >= 0.6 is 11.8 Å². The standard InChI is InChI=1S/C16H21FN2O3S/c1-19(8-15(20)18-13-4-5-13)16(21)10-23-9-11-7-12(17)3-6-14(11)22-2/h3,6-7,13H,4-5,8-10H2,1-2H3,(H,18,20). The molecule has 7 heteroatoms. The molecule has 2 rings (SSSR count). The fourth-order valence-corrected chi connectivity index (χ4v) is 2.97. The second kappa shape index (κ2) is 8.19. The molecular formula is C16H21FN2O3S. The van der Waals surface area contributed by atoms with Crippen LogP contribution in [0.1, 0.15) is 18.4 Å². The summed E-state index contributed by atoms with van der Waals surface area (Å²) in [6, 6.07) is 4.61. The first-order valence-corrected chi connectivity index (χ1v) is 8.58. The van der Waals surface area contributed by atoms with Crippen LogP contribution in [0.5, 0.6) is 5.75 Å². The molecule has 0 aliphatic heterocycles. The molecule has 126 valence electrons. The summed E-state index contributed by atoms with van der Waals surface area (Å²) >= 11 is 1.36. The van der Waals surface area contributed by atoms with Gasteiger partial charge in [-0.25, -0.2) is 4.39 Å². The summed E-state index contributed by atoms with van der Waals surface area (Å²) in [7, 11) is 3.14. The predicted octanol–water partition coefficient (Wildman–Crippen LogP) is 1.80. The molecule has 1 aromatic carbocycles. The Morgan fingerprint density at radius 1 is 1.43 bits per heavy atom. The summed E-state index contributed by atoms with van der Waals surface area (Å²) < 4.78 is 18.4. The molecule has 1 saturated carbocycles. The third-order valence-corrected chi connectivity index (χ3v) is 4.44. The van der Waals surface area contributed by atoms with E-state index in [1.165, 1.54) is 35.9 Å². The molecule has 1 aliphatic carbocycles. The molecule has 0 atom stereocenters. The Hall–Kier alpha value is -1.76. The molecule has 1 aromatic rings. The van der Waals surface area contributed by atoms with E-state index in [1.54, 1.807) is 13.1 Å². The number of amides is 2. The number of likely N-dealkylation sites (N-methyl/N-ethyl adjacent to an activating group) is 1. The van der Waals surface area contributed by atoms with Crippen LogP contribution in [0.25, 0.3) is 0 Å². The lowest BCUT2D eigenvalue weighted by atomic mass is 10.2. The fourth-order valence-electron chi connectivity index (χ4n) is 2.02. The number of nitrogens with zero attached hydrogens (tertiary/aromatic N) is 1. The van der Waals surface area contributed by atoms with Gasteiger partial charge in [-0.3, -0.25) is 9.59 Å². The van der Waals surface area contributed by atoms with Crippen molar-refractivity contribution in [2.24, 2.45) is 0 Å². The highest BCUT2D eigenvalue weighted by molar-refractivity contribution is 7.99. The molecule has 5 nitrogen and oxygen atoms in total. The Morgan fingerprint density at radius 2 is 2.17 bits per heavy atom. The van der Waals surface area contributed by atoms with E-state index in [9.17, 15) is 14.0 Å². The van der Waals surface area contributed by atoms with Crippen molar-refractivity contribution in [3.8, 4) is 5.75 Å². The number of hydrogen-bond donors (Lipinski definition) is 1. The van der Waals surface area contributed by atoms with Crippen molar-refractivity contribution >= 4 is 23.6 Å². The normalized spacial score (nSPS) is 13.5. The number of nitrogens with one attached hydrogen (secondary N) is 1. The Morgan fingerprint density at radius 3 is 2.83 bits per heavy atom. The Labute approximate surface area is 139 Å². The maximum absolute atomic E-state index is 13.3. The molecule has 0 heterocycles. The summed E-state index contributed by atoms with van der Waals surface area (Å²) in [5.41, 5.74) is 0.708. The van der Waals surface area contributed by atoms with Crippen LogP contribution < -0.4 is 10.1 Å². The van der Waals surface area contributed by atoms with Gasteiger partial charge in [-0.1, -0.05) is 0 Å². The lowest BCUT2D eigenvalue weighted by Crippen LogP contribution is -2.39. The highest BCUT2D eigenvalue weighted by atomic mass is 32.2. The molecule has 23 heavy (non-hydrogen) atoms. The number of carbonyl (C=O) groups excluding carboxylic acids is 2. The molecule has 0 radical (unpaired) electrons. The number of thioether (sulfide) groups is 1. The minimum absolute atomic E-state index is 0.0686. The van der Waals surface area contributed by atoms with Crippen LogP contribution in [-0.4, -0.2) is 49.2 Å². The number of hydrogen-bond acceptors (Lipinski definition) is 4. The van der Waals surface area contributed by atoms with Gasteiger partial charge in [0.2, 0.25) is 11.8 Å². The average molecular weight is 340 g/mol. The quantitative estimate of drug-likeness (QED) is 0.784. The second-order valence-electron chi connectivity index (χ2n) is 5.54. The third kappa shape index (κ3) is 5.74. The lowest BCUT2D eigenvalue weighted by Gasteiger charge is -2.16. The van der Waals surface area contributed by atoms with E-state index in [4.69, 9.17) is 4.74 Å². The minimum Gasteiger partial charge on any atom is -0.496 e. The van der Waals surface area contributed by atoms with E-state index < -0.39 is 0 Å². The number of halogens is 1. The topological polar surface area (TPSA) is 58.6 Å². The molecular weight excluding hydrogens is 319 g/mol. The average Bonchev–Trinajstić information content (AvgIpc) is 3.31. The van der Waals surface area contributed by atoms with Gasteiger partial charge in [0, 0.05) is 24.4 Å². The van der Waals surface area contributed by atoms with E-state index in [0.29, 0.717) is 23.1 Å². The molecule has 0 unspecified atom stereocenters. The first-order chi connectivity index (χ1) is 11.0. The highest BCUT2D eigenvalue weighted by Crippen LogP contribution is 2.24. The van der Waals surface area contributed by atoms with Gasteiger partial charge < -0.3 is 15.0 Å². The van der Waals surface area contributed by atoms with Crippen LogP contribution in [0, 0.1) is 5.82 Å². The maximum atomic E-state index is 13.3. The molecule has 0 spiro atoms. The van der Waals surface area contributed by atoms with Crippen LogP contribution in [0.15, 0.2) is 18.2 Å². The molecule has 0 bridgehead atoms. The SMILES string of the molecule is COc1ccc(F)cc1CSCC(=O)N(C)CC(=O)NC1CC1. The van der Waals surface area contributed by atoms with Crippen molar-refractivity contribution < 1.29 is 18.7 Å². The molecule has 2 amide bonds. The highest BCUT2D eigenvalue weighted by Gasteiger charge is 2.24. The van der Waals surface area contributed by atoms with E-state index >= 15 is 0 Å². The van der Waals surface area contributed by atoms with Crippen molar-refractivity contribution in [1.29, 1.82) is 0 Å². The van der Waals surface area contributed by atoms with Gasteiger partial charge in [0.1, 0.15) is 11.6 Å². The predicted molar refractivity (Wildman–Crippen MR) is 87.9 cm³/mol. The molecule has 1 aliphatic rings. The zero-order valence-electron chi connectivity index (χ0n) is 13.3.